The highest BCUT2D eigenvalue weighted by Crippen LogP contribution is 2.32. The van der Waals surface area contributed by atoms with Crippen LogP contribution in [-0.4, -0.2) is 10.8 Å². The second-order valence-electron chi connectivity index (χ2n) is 2.64. The van der Waals surface area contributed by atoms with Gasteiger partial charge in [-0.05, 0) is 12.5 Å². The van der Waals surface area contributed by atoms with Crippen molar-refractivity contribution in [2.45, 2.75) is 13.1 Å². The van der Waals surface area contributed by atoms with E-state index in [1.165, 1.54) is 6.92 Å². The van der Waals surface area contributed by atoms with Gasteiger partial charge in [0.15, 0.2) is 10.8 Å². The summed E-state index contributed by atoms with van der Waals surface area (Å²) in [6.45, 7) is 4.79. The number of Topliss-reactive ketones (excluding diaryl/α,β-unsaturated/α-hetero) is 1. The molecule has 0 saturated carbocycles. The highest BCUT2D eigenvalue weighted by Gasteiger charge is 2.35. The Morgan fingerprint density at radius 3 is 2.50 bits per heavy atom. The second kappa shape index (κ2) is 3.53. The van der Waals surface area contributed by atoms with Crippen molar-refractivity contribution in [2.75, 3.05) is 0 Å². The van der Waals surface area contributed by atoms with Crippen molar-refractivity contribution in [3.8, 4) is 0 Å². The topological polar surface area (TPSA) is 30.0 Å². The van der Waals surface area contributed by atoms with E-state index in [0.717, 1.165) is 6.20 Å². The minimum Gasteiger partial charge on any atom is -0.288 e. The average molecular weight is 221 g/mol. The molecular weight excluding hydrogens is 215 g/mol. The van der Waals surface area contributed by atoms with E-state index in [-0.39, 0.29) is 10.5 Å². The standard InChI is InChI=1S/C8H6F3NOS/c1-4(2)6(13)5-3-12-7(14-5)8(9,10)11/h3H,1H2,2H3. The first-order chi connectivity index (χ1) is 6.32. The van der Waals surface area contributed by atoms with E-state index in [2.05, 4.69) is 11.6 Å². The van der Waals surface area contributed by atoms with Gasteiger partial charge in [-0.1, -0.05) is 6.58 Å². The molecule has 2 nitrogen and oxygen atoms in total. The molecule has 1 rings (SSSR count). The highest BCUT2D eigenvalue weighted by atomic mass is 32.1. The van der Waals surface area contributed by atoms with Crippen LogP contribution in [0.4, 0.5) is 13.2 Å². The Labute approximate surface area is 82.1 Å². The quantitative estimate of drug-likeness (QED) is 0.567. The van der Waals surface area contributed by atoms with Crippen LogP contribution in [0.5, 0.6) is 0 Å². The van der Waals surface area contributed by atoms with Crippen LogP contribution >= 0.6 is 11.3 Å². The number of thiazole rings is 1. The van der Waals surface area contributed by atoms with Gasteiger partial charge in [0.05, 0.1) is 4.88 Å². The Bertz CT molecular complexity index is 380. The van der Waals surface area contributed by atoms with Crippen LogP contribution in [0.25, 0.3) is 0 Å². The summed E-state index contributed by atoms with van der Waals surface area (Å²) in [5, 5.41) is -1.01. The normalized spacial score (nSPS) is 11.4. The number of allylic oxidation sites excluding steroid dienone is 1. The molecule has 76 valence electrons. The lowest BCUT2D eigenvalue weighted by atomic mass is 10.2. The van der Waals surface area contributed by atoms with Gasteiger partial charge in [-0.15, -0.1) is 11.3 Å². The minimum absolute atomic E-state index is 0.0372. The van der Waals surface area contributed by atoms with Crippen LogP contribution < -0.4 is 0 Å². The van der Waals surface area contributed by atoms with E-state index in [0.29, 0.717) is 11.3 Å². The molecule has 14 heavy (non-hydrogen) atoms. The Hall–Kier alpha value is -1.17. The van der Waals surface area contributed by atoms with Crippen molar-refractivity contribution in [1.29, 1.82) is 0 Å². The molecule has 0 bridgehead atoms. The zero-order valence-corrected chi connectivity index (χ0v) is 8.00. The zero-order chi connectivity index (χ0) is 10.9. The first-order valence-corrected chi connectivity index (χ1v) is 4.37. The molecule has 0 radical (unpaired) electrons. The van der Waals surface area contributed by atoms with Gasteiger partial charge in [-0.3, -0.25) is 4.79 Å². The Morgan fingerprint density at radius 2 is 2.14 bits per heavy atom. The van der Waals surface area contributed by atoms with E-state index in [1.54, 1.807) is 0 Å². The molecule has 0 N–H and O–H groups in total. The smallest absolute Gasteiger partial charge is 0.288 e. The lowest BCUT2D eigenvalue weighted by Crippen LogP contribution is -2.03. The van der Waals surface area contributed by atoms with Gasteiger partial charge in [0.1, 0.15) is 0 Å². The Kier molecular flexibility index (Phi) is 2.75. The summed E-state index contributed by atoms with van der Waals surface area (Å²) in [7, 11) is 0. The molecule has 0 saturated heterocycles. The third-order valence-corrected chi connectivity index (χ3v) is 2.40. The zero-order valence-electron chi connectivity index (χ0n) is 7.18. The predicted molar refractivity (Wildman–Crippen MR) is 46.3 cm³/mol. The number of ketones is 1. The van der Waals surface area contributed by atoms with Gasteiger partial charge in [0, 0.05) is 6.20 Å². The van der Waals surface area contributed by atoms with Crippen molar-refractivity contribution in [1.82, 2.24) is 4.98 Å². The van der Waals surface area contributed by atoms with Crippen molar-refractivity contribution < 1.29 is 18.0 Å². The number of carbonyl (C=O) groups excluding carboxylic acids is 1. The van der Waals surface area contributed by atoms with Crippen molar-refractivity contribution in [3.05, 3.63) is 28.2 Å². The lowest BCUT2D eigenvalue weighted by molar-refractivity contribution is -0.137. The molecule has 1 heterocycles. The summed E-state index contributed by atoms with van der Waals surface area (Å²) in [4.78, 5) is 14.3. The second-order valence-corrected chi connectivity index (χ2v) is 3.67. The van der Waals surface area contributed by atoms with Crippen LogP contribution in [0, 0.1) is 0 Å². The summed E-state index contributed by atoms with van der Waals surface area (Å²) in [6.07, 6.45) is -3.57. The first-order valence-electron chi connectivity index (χ1n) is 3.55. The van der Waals surface area contributed by atoms with E-state index in [1.807, 2.05) is 0 Å². The van der Waals surface area contributed by atoms with Crippen LogP contribution in [0.3, 0.4) is 0 Å². The number of carbonyl (C=O) groups is 1. The molecule has 0 aliphatic heterocycles. The fourth-order valence-electron chi connectivity index (χ4n) is 0.720. The van der Waals surface area contributed by atoms with Crippen LogP contribution in [0.2, 0.25) is 0 Å². The third kappa shape index (κ3) is 2.20. The van der Waals surface area contributed by atoms with Gasteiger partial charge in [0.2, 0.25) is 0 Å². The molecule has 0 aliphatic carbocycles. The van der Waals surface area contributed by atoms with Gasteiger partial charge in [0.25, 0.3) is 0 Å². The number of hydrogen-bond acceptors (Lipinski definition) is 3. The molecule has 0 atom stereocenters. The van der Waals surface area contributed by atoms with Gasteiger partial charge >= 0.3 is 6.18 Å². The van der Waals surface area contributed by atoms with Crippen LogP contribution in [-0.2, 0) is 6.18 Å². The minimum atomic E-state index is -4.49. The maximum atomic E-state index is 12.1. The monoisotopic (exact) mass is 221 g/mol. The largest absolute Gasteiger partial charge is 0.443 e. The number of rotatable bonds is 2. The van der Waals surface area contributed by atoms with Crippen LogP contribution in [0.1, 0.15) is 21.6 Å². The number of alkyl halides is 3. The Balaban J connectivity index is 3.00. The van der Waals surface area contributed by atoms with Gasteiger partial charge < -0.3 is 0 Å². The molecule has 0 fully saturated rings. The molecule has 0 amide bonds. The molecule has 1 aromatic rings. The fourth-order valence-corrected chi connectivity index (χ4v) is 1.52. The third-order valence-electron chi connectivity index (χ3n) is 1.36. The number of hydrogen-bond donors (Lipinski definition) is 0. The molecule has 6 heteroatoms. The SMILES string of the molecule is C=C(C)C(=O)c1cnc(C(F)(F)F)s1. The fraction of sp³-hybridized carbons (Fsp3) is 0.250. The Morgan fingerprint density at radius 1 is 1.57 bits per heavy atom. The lowest BCUT2D eigenvalue weighted by Gasteiger charge is -1.98. The van der Waals surface area contributed by atoms with Crippen molar-refractivity contribution in [2.24, 2.45) is 0 Å². The van der Waals surface area contributed by atoms with Crippen molar-refractivity contribution in [3.63, 3.8) is 0 Å². The summed E-state index contributed by atoms with van der Waals surface area (Å²) < 4.78 is 36.2. The maximum absolute atomic E-state index is 12.1. The molecule has 1 aromatic heterocycles. The summed E-state index contributed by atoms with van der Waals surface area (Å²) in [6, 6.07) is 0. The molecule has 0 aromatic carbocycles. The molecule has 0 spiro atoms. The first kappa shape index (κ1) is 10.9. The van der Waals surface area contributed by atoms with E-state index >= 15 is 0 Å². The summed E-state index contributed by atoms with van der Waals surface area (Å²) >= 11 is 0.330. The van der Waals surface area contributed by atoms with E-state index in [9.17, 15) is 18.0 Å². The highest BCUT2D eigenvalue weighted by molar-refractivity contribution is 7.13. The average Bonchev–Trinajstić information content (AvgIpc) is 2.49. The van der Waals surface area contributed by atoms with Gasteiger partial charge in [-0.2, -0.15) is 13.2 Å². The predicted octanol–water partition coefficient (Wildman–Crippen LogP) is 2.92. The number of nitrogens with zero attached hydrogens (tertiary/aromatic N) is 1. The van der Waals surface area contributed by atoms with E-state index in [4.69, 9.17) is 0 Å². The molecular formula is C8H6F3NOS. The van der Waals surface area contributed by atoms with Gasteiger partial charge in [-0.25, -0.2) is 4.98 Å². The maximum Gasteiger partial charge on any atom is 0.443 e. The number of halogens is 3. The number of aromatic nitrogens is 1. The van der Waals surface area contributed by atoms with E-state index < -0.39 is 17.0 Å². The molecule has 0 unspecified atom stereocenters. The summed E-state index contributed by atoms with van der Waals surface area (Å²) in [5.41, 5.74) is 0.197. The molecule has 0 aliphatic rings. The van der Waals surface area contributed by atoms with Crippen LogP contribution in [0.15, 0.2) is 18.3 Å². The van der Waals surface area contributed by atoms with Crippen molar-refractivity contribution >= 4 is 17.1 Å². The summed E-state index contributed by atoms with van der Waals surface area (Å²) in [5.74, 6) is -0.502.